The molecule has 3 heterocycles. The Bertz CT molecular complexity index is 829. The van der Waals surface area contributed by atoms with E-state index in [9.17, 15) is 14.4 Å². The van der Waals surface area contributed by atoms with Crippen LogP contribution in [-0.2, 0) is 9.53 Å². The van der Waals surface area contributed by atoms with Crippen LogP contribution in [0, 0.1) is 0 Å². The first kappa shape index (κ1) is 17.7. The summed E-state index contributed by atoms with van der Waals surface area (Å²) in [6.07, 6.45) is 0.979. The van der Waals surface area contributed by atoms with Crippen molar-refractivity contribution in [2.45, 2.75) is 24.9 Å². The van der Waals surface area contributed by atoms with Crippen LogP contribution in [0.15, 0.2) is 47.8 Å². The maximum atomic E-state index is 12.5. The minimum Gasteiger partial charge on any atom is -0.447 e. The summed E-state index contributed by atoms with van der Waals surface area (Å²) in [5.41, 5.74) is 1.05. The van der Waals surface area contributed by atoms with Crippen molar-refractivity contribution in [1.29, 1.82) is 0 Å². The zero-order chi connectivity index (χ0) is 18.8. The van der Waals surface area contributed by atoms with E-state index >= 15 is 0 Å². The molecule has 0 radical (unpaired) electrons. The van der Waals surface area contributed by atoms with E-state index in [-0.39, 0.29) is 18.2 Å². The number of hydrogen-bond donors (Lipinski definition) is 0. The van der Waals surface area contributed by atoms with E-state index in [1.54, 1.807) is 27.3 Å². The second kappa shape index (κ2) is 7.52. The van der Waals surface area contributed by atoms with Gasteiger partial charge in [0.2, 0.25) is 0 Å². The molecule has 6 nitrogen and oxygen atoms in total. The quantitative estimate of drug-likeness (QED) is 0.600. The first-order chi connectivity index (χ1) is 13.1. The zero-order valence-electron chi connectivity index (χ0n) is 14.7. The van der Waals surface area contributed by atoms with Crippen LogP contribution in [0.3, 0.4) is 0 Å². The predicted molar refractivity (Wildman–Crippen MR) is 101 cm³/mol. The second-order valence-electron chi connectivity index (χ2n) is 6.74. The van der Waals surface area contributed by atoms with Crippen LogP contribution in [0.5, 0.6) is 0 Å². The van der Waals surface area contributed by atoms with Gasteiger partial charge in [0, 0.05) is 19.1 Å². The van der Waals surface area contributed by atoms with Gasteiger partial charge in [-0.2, -0.15) is 0 Å². The van der Waals surface area contributed by atoms with Crippen molar-refractivity contribution in [2.75, 3.05) is 19.7 Å². The SMILES string of the molecule is O=C(C(=O)N1CCC(N2C(=O)OC[C@H]2c2ccccc2)CC1)c1cccs1. The molecule has 4 rings (SSSR count). The monoisotopic (exact) mass is 384 g/mol. The Morgan fingerprint density at radius 2 is 1.78 bits per heavy atom. The number of nitrogens with zero attached hydrogens (tertiary/aromatic N) is 2. The number of amides is 2. The number of ketones is 1. The molecular weight excluding hydrogens is 364 g/mol. The molecule has 27 heavy (non-hydrogen) atoms. The summed E-state index contributed by atoms with van der Waals surface area (Å²) in [6.45, 7) is 1.27. The highest BCUT2D eigenvalue weighted by Gasteiger charge is 2.41. The third-order valence-corrected chi connectivity index (χ3v) is 6.05. The third kappa shape index (κ3) is 3.47. The summed E-state index contributed by atoms with van der Waals surface area (Å²) in [6, 6.07) is 13.2. The number of hydrogen-bond acceptors (Lipinski definition) is 5. The number of likely N-dealkylation sites (tertiary alicyclic amines) is 1. The highest BCUT2D eigenvalue weighted by molar-refractivity contribution is 7.13. The topological polar surface area (TPSA) is 66.9 Å². The fourth-order valence-electron chi connectivity index (χ4n) is 3.77. The van der Waals surface area contributed by atoms with Crippen LogP contribution in [0.25, 0.3) is 0 Å². The van der Waals surface area contributed by atoms with Gasteiger partial charge in [0.15, 0.2) is 0 Å². The molecule has 2 saturated heterocycles. The molecule has 0 unspecified atom stereocenters. The molecule has 2 aliphatic heterocycles. The van der Waals surface area contributed by atoms with Crippen molar-refractivity contribution in [2.24, 2.45) is 0 Å². The van der Waals surface area contributed by atoms with Crippen LogP contribution in [0.1, 0.15) is 34.1 Å². The molecular formula is C20H20N2O4S. The minimum absolute atomic E-state index is 0.00564. The lowest BCUT2D eigenvalue weighted by Gasteiger charge is -2.37. The van der Waals surface area contributed by atoms with Gasteiger partial charge in [-0.25, -0.2) is 4.79 Å². The minimum atomic E-state index is -0.459. The predicted octanol–water partition coefficient (Wildman–Crippen LogP) is 3.12. The molecule has 0 N–H and O–H groups in total. The Labute approximate surface area is 161 Å². The van der Waals surface area contributed by atoms with Crippen molar-refractivity contribution >= 4 is 29.1 Å². The maximum Gasteiger partial charge on any atom is 0.410 e. The Kier molecular flexibility index (Phi) is 4.94. The van der Waals surface area contributed by atoms with Crippen molar-refractivity contribution < 1.29 is 19.1 Å². The Hall–Kier alpha value is -2.67. The summed E-state index contributed by atoms with van der Waals surface area (Å²) in [5.74, 6) is -0.911. The molecule has 140 valence electrons. The molecule has 0 bridgehead atoms. The average Bonchev–Trinajstić information content (AvgIpc) is 3.38. The number of benzene rings is 1. The van der Waals surface area contributed by atoms with Crippen molar-refractivity contribution in [1.82, 2.24) is 9.80 Å². The molecule has 2 aliphatic rings. The third-order valence-electron chi connectivity index (χ3n) is 5.18. The maximum absolute atomic E-state index is 12.5. The number of ether oxygens (including phenoxy) is 1. The number of piperidine rings is 1. The summed E-state index contributed by atoms with van der Waals surface area (Å²) in [5, 5.41) is 1.79. The van der Waals surface area contributed by atoms with Gasteiger partial charge in [0.25, 0.3) is 11.7 Å². The molecule has 1 aromatic carbocycles. The molecule has 2 aromatic rings. The van der Waals surface area contributed by atoms with Crippen LogP contribution >= 0.6 is 11.3 Å². The van der Waals surface area contributed by atoms with Crippen molar-refractivity contribution in [3.05, 3.63) is 58.3 Å². The smallest absolute Gasteiger partial charge is 0.410 e. The fourth-order valence-corrected chi connectivity index (χ4v) is 4.43. The Morgan fingerprint density at radius 3 is 2.44 bits per heavy atom. The first-order valence-electron chi connectivity index (χ1n) is 9.02. The van der Waals surface area contributed by atoms with Gasteiger partial charge >= 0.3 is 6.09 Å². The highest BCUT2D eigenvalue weighted by Crippen LogP contribution is 2.33. The molecule has 7 heteroatoms. The van der Waals surface area contributed by atoms with Crippen molar-refractivity contribution in [3.63, 3.8) is 0 Å². The lowest BCUT2D eigenvalue weighted by Crippen LogP contribution is -2.49. The Morgan fingerprint density at radius 1 is 1.04 bits per heavy atom. The molecule has 2 amide bonds. The lowest BCUT2D eigenvalue weighted by atomic mass is 9.99. The number of thiophene rings is 1. The van der Waals surface area contributed by atoms with Crippen LogP contribution < -0.4 is 0 Å². The molecule has 0 spiro atoms. The van der Waals surface area contributed by atoms with E-state index in [1.165, 1.54) is 11.3 Å². The molecule has 2 fully saturated rings. The molecule has 0 saturated carbocycles. The van der Waals surface area contributed by atoms with Gasteiger partial charge in [-0.15, -0.1) is 11.3 Å². The Balaban J connectivity index is 1.41. The van der Waals surface area contributed by atoms with E-state index in [4.69, 9.17) is 4.74 Å². The molecule has 0 aliphatic carbocycles. The van der Waals surface area contributed by atoms with Gasteiger partial charge in [-0.1, -0.05) is 36.4 Å². The van der Waals surface area contributed by atoms with E-state index in [0.29, 0.717) is 37.4 Å². The van der Waals surface area contributed by atoms with Gasteiger partial charge in [0.05, 0.1) is 10.9 Å². The summed E-state index contributed by atoms with van der Waals surface area (Å²) in [7, 11) is 0. The zero-order valence-corrected chi connectivity index (χ0v) is 15.6. The summed E-state index contributed by atoms with van der Waals surface area (Å²) in [4.78, 5) is 40.9. The van der Waals surface area contributed by atoms with E-state index < -0.39 is 11.7 Å². The van der Waals surface area contributed by atoms with Crippen LogP contribution in [0.2, 0.25) is 0 Å². The van der Waals surface area contributed by atoms with Gasteiger partial charge in [0.1, 0.15) is 6.61 Å². The summed E-state index contributed by atoms with van der Waals surface area (Å²) < 4.78 is 5.30. The largest absolute Gasteiger partial charge is 0.447 e. The van der Waals surface area contributed by atoms with Gasteiger partial charge in [-0.3, -0.25) is 14.5 Å². The average molecular weight is 384 g/mol. The standard InChI is InChI=1S/C20H20N2O4S/c23-18(17-7-4-12-27-17)19(24)21-10-8-15(9-11-21)22-16(13-26-20(22)25)14-5-2-1-3-6-14/h1-7,12,15-16H,8-11,13H2/t16-/m0/s1. The molecule has 1 atom stereocenters. The molecule has 1 aromatic heterocycles. The van der Waals surface area contributed by atoms with E-state index in [0.717, 1.165) is 5.56 Å². The highest BCUT2D eigenvalue weighted by atomic mass is 32.1. The number of Topliss-reactive ketones (excluding diaryl/α,β-unsaturated/α-hetero) is 1. The second-order valence-corrected chi connectivity index (χ2v) is 7.69. The number of carbonyl (C=O) groups is 3. The lowest BCUT2D eigenvalue weighted by molar-refractivity contribution is -0.127. The van der Waals surface area contributed by atoms with E-state index in [1.807, 2.05) is 30.3 Å². The number of carbonyl (C=O) groups excluding carboxylic acids is 3. The van der Waals surface area contributed by atoms with Crippen LogP contribution in [0.4, 0.5) is 4.79 Å². The fraction of sp³-hybridized carbons (Fsp3) is 0.350. The first-order valence-corrected chi connectivity index (χ1v) is 9.90. The van der Waals surface area contributed by atoms with Crippen molar-refractivity contribution in [3.8, 4) is 0 Å². The number of rotatable bonds is 4. The normalized spacial score (nSPS) is 20.6. The van der Waals surface area contributed by atoms with Crippen LogP contribution in [-0.4, -0.2) is 53.3 Å². The van der Waals surface area contributed by atoms with Gasteiger partial charge in [-0.05, 0) is 29.9 Å². The van der Waals surface area contributed by atoms with Gasteiger partial charge < -0.3 is 9.64 Å². The number of cyclic esters (lactones) is 1. The summed E-state index contributed by atoms with van der Waals surface area (Å²) >= 11 is 1.28. The van der Waals surface area contributed by atoms with E-state index in [2.05, 4.69) is 0 Å².